The van der Waals surface area contributed by atoms with Gasteiger partial charge in [-0.3, -0.25) is 9.59 Å². The van der Waals surface area contributed by atoms with E-state index in [0.29, 0.717) is 13.1 Å². The Morgan fingerprint density at radius 1 is 1.04 bits per heavy atom. The van der Waals surface area contributed by atoms with E-state index in [1.54, 1.807) is 19.0 Å². The van der Waals surface area contributed by atoms with Gasteiger partial charge in [-0.15, -0.1) is 0 Å². The van der Waals surface area contributed by atoms with Crippen LogP contribution in [0.5, 0.6) is 0 Å². The van der Waals surface area contributed by atoms with E-state index in [9.17, 15) is 9.59 Å². The van der Waals surface area contributed by atoms with Crippen LogP contribution in [0.25, 0.3) is 0 Å². The average Bonchev–Trinajstić information content (AvgIpc) is 2.53. The average molecular weight is 316 g/mol. The van der Waals surface area contributed by atoms with Crippen molar-refractivity contribution in [2.75, 3.05) is 27.2 Å². The minimum absolute atomic E-state index is 0.0531. The first-order valence-corrected chi connectivity index (χ1v) is 8.31. The lowest BCUT2D eigenvalue weighted by Gasteiger charge is -2.32. The van der Waals surface area contributed by atoms with Crippen molar-refractivity contribution in [1.82, 2.24) is 9.80 Å². The van der Waals surface area contributed by atoms with Crippen LogP contribution in [-0.2, 0) is 10.2 Å². The summed E-state index contributed by atoms with van der Waals surface area (Å²) in [4.78, 5) is 28.1. The number of hydrogen-bond acceptors (Lipinski definition) is 2. The number of piperidine rings is 1. The van der Waals surface area contributed by atoms with E-state index in [-0.39, 0.29) is 23.1 Å². The van der Waals surface area contributed by atoms with Crippen molar-refractivity contribution in [3.05, 3.63) is 35.4 Å². The van der Waals surface area contributed by atoms with Gasteiger partial charge in [0.15, 0.2) is 0 Å². The zero-order chi connectivity index (χ0) is 17.2. The Morgan fingerprint density at radius 2 is 1.57 bits per heavy atom. The fraction of sp³-hybridized carbons (Fsp3) is 0.579. The monoisotopic (exact) mass is 316 g/mol. The molecule has 0 aliphatic carbocycles. The van der Waals surface area contributed by atoms with Gasteiger partial charge in [0.1, 0.15) is 0 Å². The molecule has 0 spiro atoms. The Kier molecular flexibility index (Phi) is 5.12. The van der Waals surface area contributed by atoms with E-state index >= 15 is 0 Å². The maximum atomic E-state index is 12.6. The normalized spacial score (nSPS) is 16.3. The highest BCUT2D eigenvalue weighted by atomic mass is 16.2. The molecule has 4 heteroatoms. The van der Waals surface area contributed by atoms with Gasteiger partial charge in [0, 0.05) is 38.7 Å². The molecule has 0 radical (unpaired) electrons. The van der Waals surface area contributed by atoms with E-state index in [2.05, 4.69) is 20.8 Å². The first-order chi connectivity index (χ1) is 10.7. The van der Waals surface area contributed by atoms with Gasteiger partial charge in [-0.2, -0.15) is 0 Å². The maximum Gasteiger partial charge on any atom is 0.253 e. The number of rotatable bonds is 2. The fourth-order valence-corrected chi connectivity index (χ4v) is 2.99. The van der Waals surface area contributed by atoms with Gasteiger partial charge in [-0.05, 0) is 36.0 Å². The van der Waals surface area contributed by atoms with Gasteiger partial charge in [-0.1, -0.05) is 32.9 Å². The van der Waals surface area contributed by atoms with Gasteiger partial charge in [0.05, 0.1) is 0 Å². The summed E-state index contributed by atoms with van der Waals surface area (Å²) >= 11 is 0. The van der Waals surface area contributed by atoms with Crippen LogP contribution in [0.1, 0.15) is 49.5 Å². The highest BCUT2D eigenvalue weighted by Crippen LogP contribution is 2.24. The Morgan fingerprint density at radius 3 is 2.00 bits per heavy atom. The molecule has 0 saturated carbocycles. The lowest BCUT2D eigenvalue weighted by molar-refractivity contribution is -0.134. The predicted molar refractivity (Wildman–Crippen MR) is 92.5 cm³/mol. The van der Waals surface area contributed by atoms with Gasteiger partial charge in [0.2, 0.25) is 5.91 Å². The van der Waals surface area contributed by atoms with E-state index in [1.807, 2.05) is 29.2 Å². The van der Waals surface area contributed by atoms with Crippen LogP contribution in [0.15, 0.2) is 24.3 Å². The molecule has 1 saturated heterocycles. The van der Waals surface area contributed by atoms with Crippen LogP contribution >= 0.6 is 0 Å². The molecule has 1 aliphatic rings. The number of amides is 2. The lowest BCUT2D eigenvalue weighted by atomic mass is 9.86. The number of likely N-dealkylation sites (tertiary alicyclic amines) is 1. The third-order valence-electron chi connectivity index (χ3n) is 4.57. The number of nitrogens with zero attached hydrogens (tertiary/aromatic N) is 2. The SMILES string of the molecule is CN(C)C(=O)C1CCN(C(=O)c2ccc(C(C)(C)C)cc2)CC1. The minimum atomic E-state index is 0.0531. The molecule has 0 N–H and O–H groups in total. The number of hydrogen-bond donors (Lipinski definition) is 0. The van der Waals surface area contributed by atoms with E-state index < -0.39 is 0 Å². The molecule has 2 rings (SSSR count). The summed E-state index contributed by atoms with van der Waals surface area (Å²) in [5.74, 6) is 0.296. The number of carbonyl (C=O) groups excluding carboxylic acids is 2. The van der Waals surface area contributed by atoms with Gasteiger partial charge < -0.3 is 9.80 Å². The molecule has 0 aromatic heterocycles. The molecule has 2 amide bonds. The van der Waals surface area contributed by atoms with E-state index in [0.717, 1.165) is 18.4 Å². The quantitative estimate of drug-likeness (QED) is 0.842. The topological polar surface area (TPSA) is 40.6 Å². The molecule has 126 valence electrons. The standard InChI is InChI=1S/C19H28N2O2/c1-19(2,3)16-8-6-14(7-9-16)18(23)21-12-10-15(11-13-21)17(22)20(4)5/h6-9,15H,10-13H2,1-5H3. The highest BCUT2D eigenvalue weighted by molar-refractivity contribution is 5.94. The summed E-state index contributed by atoms with van der Waals surface area (Å²) < 4.78 is 0. The van der Waals surface area contributed by atoms with Crippen molar-refractivity contribution in [3.8, 4) is 0 Å². The second-order valence-corrected chi connectivity index (χ2v) is 7.63. The summed E-state index contributed by atoms with van der Waals surface area (Å²) in [5, 5.41) is 0. The summed E-state index contributed by atoms with van der Waals surface area (Å²) in [6.45, 7) is 7.80. The predicted octanol–water partition coefficient (Wildman–Crippen LogP) is 2.92. The molecule has 0 atom stereocenters. The molecule has 4 nitrogen and oxygen atoms in total. The molecule has 1 aliphatic heterocycles. The molecule has 23 heavy (non-hydrogen) atoms. The first kappa shape index (κ1) is 17.5. The van der Waals surface area contributed by atoms with Crippen LogP contribution in [0.3, 0.4) is 0 Å². The number of carbonyl (C=O) groups is 2. The second-order valence-electron chi connectivity index (χ2n) is 7.63. The van der Waals surface area contributed by atoms with Crippen molar-refractivity contribution in [1.29, 1.82) is 0 Å². The molecular formula is C19H28N2O2. The summed E-state index contributed by atoms with van der Waals surface area (Å²) in [5.41, 5.74) is 2.05. The lowest BCUT2D eigenvalue weighted by Crippen LogP contribution is -2.42. The zero-order valence-electron chi connectivity index (χ0n) is 14.9. The van der Waals surface area contributed by atoms with E-state index in [1.165, 1.54) is 5.56 Å². The Balaban J connectivity index is 1.99. The third-order valence-corrected chi connectivity index (χ3v) is 4.57. The minimum Gasteiger partial charge on any atom is -0.349 e. The Hall–Kier alpha value is -1.84. The van der Waals surface area contributed by atoms with Crippen molar-refractivity contribution in [3.63, 3.8) is 0 Å². The summed E-state index contributed by atoms with van der Waals surface area (Å²) in [7, 11) is 3.58. The Bertz CT molecular complexity index is 562. The van der Waals surface area contributed by atoms with Crippen LogP contribution in [0, 0.1) is 5.92 Å². The largest absolute Gasteiger partial charge is 0.349 e. The molecule has 1 heterocycles. The van der Waals surface area contributed by atoms with Gasteiger partial charge in [0.25, 0.3) is 5.91 Å². The van der Waals surface area contributed by atoms with E-state index in [4.69, 9.17) is 0 Å². The maximum absolute atomic E-state index is 12.6. The first-order valence-electron chi connectivity index (χ1n) is 8.31. The fourth-order valence-electron chi connectivity index (χ4n) is 2.99. The van der Waals surface area contributed by atoms with Crippen molar-refractivity contribution in [2.24, 2.45) is 5.92 Å². The van der Waals surface area contributed by atoms with Crippen LogP contribution in [-0.4, -0.2) is 48.8 Å². The summed E-state index contributed by atoms with van der Waals surface area (Å²) in [6, 6.07) is 7.91. The van der Waals surface area contributed by atoms with Crippen LogP contribution in [0.2, 0.25) is 0 Å². The molecule has 1 aromatic rings. The molecule has 0 unspecified atom stereocenters. The van der Waals surface area contributed by atoms with Gasteiger partial charge >= 0.3 is 0 Å². The highest BCUT2D eigenvalue weighted by Gasteiger charge is 2.28. The summed E-state index contributed by atoms with van der Waals surface area (Å²) in [6.07, 6.45) is 1.51. The molecule has 0 bridgehead atoms. The third kappa shape index (κ3) is 4.12. The van der Waals surface area contributed by atoms with Crippen molar-refractivity contribution in [2.45, 2.75) is 39.0 Å². The van der Waals surface area contributed by atoms with Gasteiger partial charge in [-0.25, -0.2) is 0 Å². The Labute approximate surface area is 139 Å². The second kappa shape index (κ2) is 6.73. The molecule has 1 aromatic carbocycles. The number of benzene rings is 1. The molecule has 1 fully saturated rings. The van der Waals surface area contributed by atoms with Crippen LogP contribution < -0.4 is 0 Å². The van der Waals surface area contributed by atoms with Crippen LogP contribution in [0.4, 0.5) is 0 Å². The molecular weight excluding hydrogens is 288 g/mol. The zero-order valence-corrected chi connectivity index (χ0v) is 14.9. The van der Waals surface area contributed by atoms with Crippen molar-refractivity contribution >= 4 is 11.8 Å². The van der Waals surface area contributed by atoms with Crippen molar-refractivity contribution < 1.29 is 9.59 Å². The smallest absolute Gasteiger partial charge is 0.253 e.